The lowest BCUT2D eigenvalue weighted by Crippen LogP contribution is -2.47. The van der Waals surface area contributed by atoms with E-state index in [2.05, 4.69) is 30.3 Å². The highest BCUT2D eigenvalue weighted by molar-refractivity contribution is 7.65. The maximum Gasteiger partial charge on any atom is 0.347 e. The fourth-order valence-electron chi connectivity index (χ4n) is 3.84. The van der Waals surface area contributed by atoms with Crippen LogP contribution in [-0.4, -0.2) is 6.00 Å². The van der Waals surface area contributed by atoms with Crippen LogP contribution in [0.15, 0.2) is 30.3 Å². The number of hydrogen-bond donors (Lipinski definition) is 0. The van der Waals surface area contributed by atoms with Crippen molar-refractivity contribution in [3.8, 4) is 0 Å². The second-order valence-corrected chi connectivity index (χ2v) is 14.8. The maximum atomic E-state index is 6.35. The molecule has 3 saturated carbocycles. The van der Waals surface area contributed by atoms with E-state index in [9.17, 15) is 0 Å². The van der Waals surface area contributed by atoms with Gasteiger partial charge in [0.05, 0.1) is 0 Å². The first-order valence-electron chi connectivity index (χ1n) is 6.60. The molecule has 0 radical (unpaired) electrons. The van der Waals surface area contributed by atoms with Gasteiger partial charge in [-0.05, 0) is 49.5 Å². The fraction of sp³-hybridized carbons (Fsp3) is 0.571. The van der Waals surface area contributed by atoms with Crippen LogP contribution in [0.4, 0.5) is 0 Å². The third kappa shape index (κ3) is 1.95. The highest BCUT2D eigenvalue weighted by atomic mass is 35.8. The van der Waals surface area contributed by atoms with Crippen molar-refractivity contribution in [2.24, 2.45) is 0 Å². The van der Waals surface area contributed by atoms with Gasteiger partial charge >= 0.3 is 6.00 Å². The van der Waals surface area contributed by atoms with Crippen LogP contribution in [-0.2, 0) is 5.41 Å². The number of halogens is 3. The van der Waals surface area contributed by atoms with Gasteiger partial charge in [0.2, 0.25) is 0 Å². The molecule has 0 aliphatic heterocycles. The van der Waals surface area contributed by atoms with Crippen molar-refractivity contribution in [3.05, 3.63) is 35.9 Å². The van der Waals surface area contributed by atoms with E-state index in [0.717, 1.165) is 19.3 Å². The normalized spacial score (nSPS) is 35.7. The van der Waals surface area contributed by atoms with Gasteiger partial charge in [-0.2, -0.15) is 0 Å². The van der Waals surface area contributed by atoms with Gasteiger partial charge in [-0.1, -0.05) is 30.3 Å². The van der Waals surface area contributed by atoms with Gasteiger partial charge in [0.25, 0.3) is 0 Å². The molecular weight excluding hydrogens is 303 g/mol. The molecule has 2 bridgehead atoms. The van der Waals surface area contributed by atoms with Gasteiger partial charge in [0.15, 0.2) is 0 Å². The second kappa shape index (κ2) is 4.41. The lowest BCUT2D eigenvalue weighted by molar-refractivity contribution is 0.146. The lowest BCUT2D eigenvalue weighted by atomic mass is 9.57. The molecule has 0 heterocycles. The van der Waals surface area contributed by atoms with Crippen LogP contribution in [0.1, 0.15) is 44.1 Å². The van der Waals surface area contributed by atoms with Crippen molar-refractivity contribution in [1.82, 2.24) is 0 Å². The van der Waals surface area contributed by atoms with Gasteiger partial charge in [-0.25, -0.2) is 0 Å². The zero-order valence-electron chi connectivity index (χ0n) is 10.3. The lowest BCUT2D eigenvalue weighted by Gasteiger charge is -2.55. The highest BCUT2D eigenvalue weighted by Gasteiger charge is 2.59. The number of benzene rings is 1. The van der Waals surface area contributed by atoms with E-state index in [4.69, 9.17) is 33.2 Å². The van der Waals surface area contributed by atoms with Crippen molar-refractivity contribution >= 4 is 39.2 Å². The molecule has 0 saturated heterocycles. The molecule has 4 rings (SSSR count). The zero-order valence-corrected chi connectivity index (χ0v) is 13.5. The predicted molar refractivity (Wildman–Crippen MR) is 81.8 cm³/mol. The Balaban J connectivity index is 1.88. The van der Waals surface area contributed by atoms with Gasteiger partial charge in [-0.3, -0.25) is 0 Å². The summed E-state index contributed by atoms with van der Waals surface area (Å²) in [5.41, 5.74) is 1.86. The second-order valence-electron chi connectivity index (χ2n) is 5.92. The molecule has 0 unspecified atom stereocenters. The maximum absolute atomic E-state index is 6.35. The zero-order chi connectivity index (χ0) is 12.9. The molecule has 0 amide bonds. The topological polar surface area (TPSA) is 0 Å². The minimum Gasteiger partial charge on any atom is -0.125 e. The first-order valence-corrected chi connectivity index (χ1v) is 11.6. The summed E-state index contributed by atoms with van der Waals surface area (Å²) in [7, 11) is 0. The summed E-state index contributed by atoms with van der Waals surface area (Å²) < 4.78 is 0. The fourth-order valence-corrected chi connectivity index (χ4v) is 7.61. The summed E-state index contributed by atoms with van der Waals surface area (Å²) in [6.45, 7) is 0. The van der Waals surface area contributed by atoms with Crippen LogP contribution < -0.4 is 0 Å². The summed E-state index contributed by atoms with van der Waals surface area (Å²) in [5, 5.41) is 0.0637. The van der Waals surface area contributed by atoms with Crippen molar-refractivity contribution in [3.63, 3.8) is 0 Å². The Morgan fingerprint density at radius 3 is 1.72 bits per heavy atom. The Morgan fingerprint density at radius 1 is 0.778 bits per heavy atom. The summed E-state index contributed by atoms with van der Waals surface area (Å²) in [4.78, 5) is 0. The molecule has 3 fully saturated rings. The van der Waals surface area contributed by atoms with Crippen LogP contribution in [0.5, 0.6) is 0 Å². The van der Waals surface area contributed by atoms with Gasteiger partial charge in [0.1, 0.15) is 0 Å². The van der Waals surface area contributed by atoms with Crippen LogP contribution in [0.3, 0.4) is 0 Å². The van der Waals surface area contributed by atoms with E-state index in [0.29, 0.717) is 5.41 Å². The molecule has 0 spiro atoms. The van der Waals surface area contributed by atoms with Crippen molar-refractivity contribution in [2.45, 2.75) is 49.0 Å². The van der Waals surface area contributed by atoms with E-state index in [1.165, 1.54) is 24.8 Å². The van der Waals surface area contributed by atoms with Gasteiger partial charge in [0, 0.05) is 5.04 Å². The Bertz CT molecular complexity index is 414. The van der Waals surface area contributed by atoms with Crippen LogP contribution in [0.25, 0.3) is 0 Å². The first kappa shape index (κ1) is 13.3. The molecule has 3 aliphatic carbocycles. The molecule has 4 heteroatoms. The van der Waals surface area contributed by atoms with Crippen LogP contribution >= 0.6 is 33.2 Å². The van der Waals surface area contributed by atoms with E-state index in [1.54, 1.807) is 0 Å². The minimum absolute atomic E-state index is 0.0637. The number of hydrogen-bond acceptors (Lipinski definition) is 0. The smallest absolute Gasteiger partial charge is 0.125 e. The average Bonchev–Trinajstić information content (AvgIpc) is 2.41. The monoisotopic (exact) mass is 318 g/mol. The Kier molecular flexibility index (Phi) is 3.26. The molecule has 1 aromatic rings. The minimum atomic E-state index is -2.59. The molecule has 0 aromatic heterocycles. The summed E-state index contributed by atoms with van der Waals surface area (Å²) in [5.74, 6) is 0. The van der Waals surface area contributed by atoms with Gasteiger partial charge < -0.3 is 0 Å². The molecule has 0 atom stereocenters. The highest BCUT2D eigenvalue weighted by Crippen LogP contribution is 2.67. The van der Waals surface area contributed by atoms with Crippen LogP contribution in [0.2, 0.25) is 5.04 Å². The molecule has 18 heavy (non-hydrogen) atoms. The molecule has 98 valence electrons. The standard InChI is InChI=1S/C14H17Cl3Si/c15-18(16,17)14-9-6-13(7-10-14,8-11-14)12-4-2-1-3-5-12/h1-5H,6-11H2. The summed E-state index contributed by atoms with van der Waals surface area (Å²) in [6, 6.07) is 8.33. The quantitative estimate of drug-likeness (QED) is 0.485. The number of rotatable bonds is 2. The average molecular weight is 320 g/mol. The molecule has 0 nitrogen and oxygen atoms in total. The van der Waals surface area contributed by atoms with E-state index in [-0.39, 0.29) is 5.04 Å². The van der Waals surface area contributed by atoms with E-state index in [1.807, 2.05) is 0 Å². The largest absolute Gasteiger partial charge is 0.347 e. The first-order chi connectivity index (χ1) is 8.48. The van der Waals surface area contributed by atoms with E-state index >= 15 is 0 Å². The van der Waals surface area contributed by atoms with Crippen molar-refractivity contribution in [1.29, 1.82) is 0 Å². The Morgan fingerprint density at radius 2 is 1.28 bits per heavy atom. The van der Waals surface area contributed by atoms with Gasteiger partial charge in [-0.15, -0.1) is 33.2 Å². The Labute approximate surface area is 124 Å². The third-order valence-corrected chi connectivity index (χ3v) is 10.8. The molecule has 1 aromatic carbocycles. The van der Waals surface area contributed by atoms with E-state index < -0.39 is 6.00 Å². The molecular formula is C14H17Cl3Si. The predicted octanol–water partition coefficient (Wildman–Crippen LogP) is 5.69. The summed E-state index contributed by atoms with van der Waals surface area (Å²) in [6.07, 6.45) is 6.88. The Hall–Kier alpha value is 0.307. The third-order valence-electron chi connectivity index (χ3n) is 5.23. The molecule has 3 aliphatic rings. The SMILES string of the molecule is Cl[Si](Cl)(Cl)C12CCC(c3ccccc3)(CC1)CC2. The number of fused-ring (bicyclic) bond motifs is 3. The van der Waals surface area contributed by atoms with Crippen molar-refractivity contribution in [2.75, 3.05) is 0 Å². The molecule has 0 N–H and O–H groups in total. The summed E-state index contributed by atoms with van der Waals surface area (Å²) >= 11 is 19.1. The van der Waals surface area contributed by atoms with Crippen LogP contribution in [0, 0.1) is 0 Å². The van der Waals surface area contributed by atoms with Crippen molar-refractivity contribution < 1.29 is 0 Å².